The Morgan fingerprint density at radius 1 is 1.35 bits per heavy atom. The highest BCUT2D eigenvalue weighted by molar-refractivity contribution is 5.68. The van der Waals surface area contributed by atoms with Crippen LogP contribution in [0.5, 0.6) is 11.8 Å². The van der Waals surface area contributed by atoms with E-state index in [2.05, 4.69) is 9.97 Å². The quantitative estimate of drug-likeness (QED) is 0.847. The van der Waals surface area contributed by atoms with Gasteiger partial charge in [-0.2, -0.15) is 0 Å². The summed E-state index contributed by atoms with van der Waals surface area (Å²) >= 11 is 0. The smallest absolute Gasteiger partial charge is 0.410 e. The first-order valence-corrected chi connectivity index (χ1v) is 7.84. The highest BCUT2D eigenvalue weighted by Gasteiger charge is 2.28. The van der Waals surface area contributed by atoms with Crippen LogP contribution in [0.15, 0.2) is 12.4 Å². The van der Waals surface area contributed by atoms with Gasteiger partial charge in [-0.25, -0.2) is 14.8 Å². The van der Waals surface area contributed by atoms with Crippen LogP contribution in [0.25, 0.3) is 0 Å². The molecule has 0 radical (unpaired) electrons. The fourth-order valence-electron chi connectivity index (χ4n) is 2.41. The van der Waals surface area contributed by atoms with Crippen LogP contribution in [-0.4, -0.2) is 53.4 Å². The lowest BCUT2D eigenvalue weighted by molar-refractivity contribution is 0.0138. The van der Waals surface area contributed by atoms with Gasteiger partial charge < -0.3 is 19.1 Å². The number of likely N-dealkylation sites (tertiary alicyclic amines) is 1. The number of rotatable bonds is 4. The number of hydrogen-bond acceptors (Lipinski definition) is 6. The van der Waals surface area contributed by atoms with Crippen molar-refractivity contribution < 1.29 is 19.0 Å². The van der Waals surface area contributed by atoms with Gasteiger partial charge in [0.15, 0.2) is 0 Å². The van der Waals surface area contributed by atoms with E-state index in [1.165, 1.54) is 6.33 Å². The fourth-order valence-corrected chi connectivity index (χ4v) is 2.41. The first-order valence-electron chi connectivity index (χ1n) is 7.84. The summed E-state index contributed by atoms with van der Waals surface area (Å²) in [7, 11) is 1.55. The van der Waals surface area contributed by atoms with E-state index >= 15 is 0 Å². The number of nitrogens with zero attached hydrogens (tertiary/aromatic N) is 3. The normalized spacial score (nSPS) is 18.4. The largest absolute Gasteiger partial charge is 0.481 e. The molecule has 1 aromatic rings. The monoisotopic (exact) mass is 323 g/mol. The lowest BCUT2D eigenvalue weighted by Crippen LogP contribution is -2.44. The third-order valence-electron chi connectivity index (χ3n) is 3.46. The first kappa shape index (κ1) is 17.3. The molecule has 1 fully saturated rings. The lowest BCUT2D eigenvalue weighted by Gasteiger charge is -2.33. The molecule has 1 aliphatic rings. The van der Waals surface area contributed by atoms with Gasteiger partial charge in [0.25, 0.3) is 0 Å². The van der Waals surface area contributed by atoms with Crippen molar-refractivity contribution in [2.45, 2.75) is 39.2 Å². The van der Waals surface area contributed by atoms with Gasteiger partial charge in [0, 0.05) is 19.0 Å². The number of ether oxygens (including phenoxy) is 3. The van der Waals surface area contributed by atoms with E-state index in [1.54, 1.807) is 18.1 Å². The number of carbonyl (C=O) groups is 1. The lowest BCUT2D eigenvalue weighted by atomic mass is 9.99. The minimum Gasteiger partial charge on any atom is -0.481 e. The van der Waals surface area contributed by atoms with E-state index in [4.69, 9.17) is 14.2 Å². The molecule has 1 saturated heterocycles. The van der Waals surface area contributed by atoms with Crippen molar-refractivity contribution >= 4 is 6.09 Å². The minimum atomic E-state index is -0.474. The Bertz CT molecular complexity index is 530. The van der Waals surface area contributed by atoms with Crippen molar-refractivity contribution in [1.29, 1.82) is 0 Å². The second-order valence-corrected chi connectivity index (χ2v) is 6.64. The molecule has 2 rings (SSSR count). The second kappa shape index (κ2) is 7.48. The van der Waals surface area contributed by atoms with Crippen LogP contribution in [0, 0.1) is 5.92 Å². The number of piperidine rings is 1. The molecule has 1 aliphatic heterocycles. The predicted molar refractivity (Wildman–Crippen MR) is 84.6 cm³/mol. The van der Waals surface area contributed by atoms with Gasteiger partial charge in [-0.3, -0.25) is 0 Å². The molecule has 7 nitrogen and oxygen atoms in total. The van der Waals surface area contributed by atoms with Crippen LogP contribution in [0.1, 0.15) is 33.6 Å². The molecule has 1 amide bonds. The molecule has 0 unspecified atom stereocenters. The van der Waals surface area contributed by atoms with Crippen LogP contribution in [0.4, 0.5) is 4.79 Å². The minimum absolute atomic E-state index is 0.258. The van der Waals surface area contributed by atoms with Gasteiger partial charge in [-0.05, 0) is 33.6 Å². The Morgan fingerprint density at radius 2 is 2.09 bits per heavy atom. The average molecular weight is 323 g/mol. The van der Waals surface area contributed by atoms with Gasteiger partial charge in [0.05, 0.1) is 19.8 Å². The van der Waals surface area contributed by atoms with Gasteiger partial charge >= 0.3 is 6.09 Å². The third kappa shape index (κ3) is 5.58. The van der Waals surface area contributed by atoms with Crippen molar-refractivity contribution in [1.82, 2.24) is 14.9 Å². The van der Waals surface area contributed by atoms with Crippen LogP contribution in [-0.2, 0) is 4.74 Å². The standard InChI is InChI=1S/C16H25N3O4/c1-16(2,3)23-15(20)19-7-5-6-12(9-19)10-22-14-8-13(21-4)17-11-18-14/h8,11-12H,5-7,9-10H2,1-4H3/t12-/m1/s1. The molecule has 23 heavy (non-hydrogen) atoms. The van der Waals surface area contributed by atoms with Crippen molar-refractivity contribution in [3.8, 4) is 11.8 Å². The molecule has 0 aliphatic carbocycles. The highest BCUT2D eigenvalue weighted by Crippen LogP contribution is 2.21. The third-order valence-corrected chi connectivity index (χ3v) is 3.46. The van der Waals surface area contributed by atoms with Gasteiger partial charge in [-0.1, -0.05) is 0 Å². The average Bonchev–Trinajstić information content (AvgIpc) is 2.52. The number of methoxy groups -OCH3 is 1. The summed E-state index contributed by atoms with van der Waals surface area (Å²) in [4.78, 5) is 21.9. The van der Waals surface area contributed by atoms with Crippen LogP contribution in [0.2, 0.25) is 0 Å². The van der Waals surface area contributed by atoms with E-state index in [9.17, 15) is 4.79 Å². The topological polar surface area (TPSA) is 73.8 Å². The Kier molecular flexibility index (Phi) is 5.63. The zero-order valence-corrected chi connectivity index (χ0v) is 14.2. The maximum atomic E-state index is 12.1. The van der Waals surface area contributed by atoms with Crippen LogP contribution in [0.3, 0.4) is 0 Å². The molecule has 1 atom stereocenters. The maximum Gasteiger partial charge on any atom is 0.410 e. The first-order chi connectivity index (χ1) is 10.9. The molecule has 1 aromatic heterocycles. The van der Waals surface area contributed by atoms with Crippen LogP contribution < -0.4 is 9.47 Å². The van der Waals surface area contributed by atoms with Gasteiger partial charge in [0.1, 0.15) is 11.9 Å². The molecule has 7 heteroatoms. The summed E-state index contributed by atoms with van der Waals surface area (Å²) in [5, 5.41) is 0. The number of carbonyl (C=O) groups excluding carboxylic acids is 1. The fraction of sp³-hybridized carbons (Fsp3) is 0.688. The molecule has 0 spiro atoms. The summed E-state index contributed by atoms with van der Waals surface area (Å²) in [6.45, 7) is 7.48. The van der Waals surface area contributed by atoms with E-state index in [-0.39, 0.29) is 12.0 Å². The SMILES string of the molecule is COc1cc(OC[C@@H]2CCCN(C(=O)OC(C)(C)C)C2)ncn1. The molecule has 0 aromatic carbocycles. The molecule has 2 heterocycles. The van der Waals surface area contributed by atoms with Gasteiger partial charge in [-0.15, -0.1) is 0 Å². The molecular weight excluding hydrogens is 298 g/mol. The van der Waals surface area contributed by atoms with E-state index < -0.39 is 5.60 Å². The van der Waals surface area contributed by atoms with Crippen molar-refractivity contribution in [2.75, 3.05) is 26.8 Å². The zero-order valence-electron chi connectivity index (χ0n) is 14.2. The highest BCUT2D eigenvalue weighted by atomic mass is 16.6. The van der Waals surface area contributed by atoms with Crippen molar-refractivity contribution in [2.24, 2.45) is 5.92 Å². The van der Waals surface area contributed by atoms with E-state index in [0.29, 0.717) is 24.9 Å². The van der Waals surface area contributed by atoms with Crippen LogP contribution >= 0.6 is 0 Å². The molecule has 0 bridgehead atoms. The Balaban J connectivity index is 1.85. The summed E-state index contributed by atoms with van der Waals surface area (Å²) in [6.07, 6.45) is 3.11. The summed E-state index contributed by atoms with van der Waals surface area (Å²) in [5.74, 6) is 1.21. The maximum absolute atomic E-state index is 12.1. The molecule has 0 N–H and O–H groups in total. The second-order valence-electron chi connectivity index (χ2n) is 6.64. The summed E-state index contributed by atoms with van der Waals surface area (Å²) < 4.78 is 16.2. The Labute approximate surface area is 137 Å². The van der Waals surface area contributed by atoms with E-state index in [0.717, 1.165) is 19.4 Å². The predicted octanol–water partition coefficient (Wildman–Crippen LogP) is 2.51. The Morgan fingerprint density at radius 3 is 2.78 bits per heavy atom. The van der Waals surface area contributed by atoms with Gasteiger partial charge in [0.2, 0.25) is 11.8 Å². The summed E-state index contributed by atoms with van der Waals surface area (Å²) in [6, 6.07) is 1.65. The number of hydrogen-bond donors (Lipinski definition) is 0. The number of amides is 1. The number of aromatic nitrogens is 2. The van der Waals surface area contributed by atoms with Crippen molar-refractivity contribution in [3.05, 3.63) is 12.4 Å². The summed E-state index contributed by atoms with van der Waals surface area (Å²) in [5.41, 5.74) is -0.474. The molecule has 128 valence electrons. The molecule has 0 saturated carbocycles. The van der Waals surface area contributed by atoms with Crippen molar-refractivity contribution in [3.63, 3.8) is 0 Å². The zero-order chi connectivity index (χ0) is 16.9. The molecular formula is C16H25N3O4. The van der Waals surface area contributed by atoms with E-state index in [1.807, 2.05) is 20.8 Å². The Hall–Kier alpha value is -2.05.